The van der Waals surface area contributed by atoms with Crippen LogP contribution in [0, 0.1) is 0 Å². The summed E-state index contributed by atoms with van der Waals surface area (Å²) in [5.74, 6) is -0.0455. The van der Waals surface area contributed by atoms with E-state index in [1.807, 2.05) is 6.07 Å². The summed E-state index contributed by atoms with van der Waals surface area (Å²) in [4.78, 5) is 23.6. The van der Waals surface area contributed by atoms with Gasteiger partial charge in [0.1, 0.15) is 0 Å². The minimum Gasteiger partial charge on any atom is -0.332 e. The van der Waals surface area contributed by atoms with E-state index in [1.165, 1.54) is 17.5 Å². The van der Waals surface area contributed by atoms with Gasteiger partial charge in [-0.15, -0.1) is 0 Å². The lowest BCUT2D eigenvalue weighted by molar-refractivity contribution is -0.116. The number of urea groups is 1. The Morgan fingerprint density at radius 2 is 1.96 bits per heavy atom. The Morgan fingerprint density at radius 1 is 1.15 bits per heavy atom. The number of rotatable bonds is 6. The highest BCUT2D eigenvalue weighted by Gasteiger charge is 2.51. The lowest BCUT2D eigenvalue weighted by Crippen LogP contribution is -2.39. The van der Waals surface area contributed by atoms with Gasteiger partial charge in [0, 0.05) is 12.1 Å². The number of unbranched alkanes of at least 4 members (excludes halogenated alkanes) is 1. The number of sulfone groups is 1. The van der Waals surface area contributed by atoms with Gasteiger partial charge in [-0.2, -0.15) is 0 Å². The van der Waals surface area contributed by atoms with Crippen LogP contribution < -0.4 is 16.0 Å². The van der Waals surface area contributed by atoms with Crippen LogP contribution in [0.1, 0.15) is 43.2 Å². The average molecular weight is 391 g/mol. The topological polar surface area (TPSA) is 104 Å². The molecule has 2 heterocycles. The molecule has 146 valence electrons. The molecule has 0 spiro atoms. The fourth-order valence-electron chi connectivity index (χ4n) is 4.51. The zero-order chi connectivity index (χ0) is 19.0. The first-order valence-corrected chi connectivity index (χ1v) is 11.3. The molecule has 7 nitrogen and oxygen atoms in total. The van der Waals surface area contributed by atoms with Crippen molar-refractivity contribution in [2.45, 2.75) is 62.3 Å². The first kappa shape index (κ1) is 18.3. The Morgan fingerprint density at radius 3 is 2.81 bits per heavy atom. The van der Waals surface area contributed by atoms with Crippen molar-refractivity contribution in [3.8, 4) is 0 Å². The molecule has 3 amide bonds. The standard InChI is InChI=1S/C19H25N3O4S/c23-17(20-14-9-8-12-4-3-5-13(12)10-14)7-2-1-6-16-18-15(11-27(16,25)26)21-19(24)22-18/h8-10,15-16,18H,1-7,11H2,(H,20,23)(H2,21,22,24)/t15-,16-,18+/m1/s1. The molecule has 2 saturated heterocycles. The number of nitrogens with one attached hydrogen (secondary N) is 3. The molecular weight excluding hydrogens is 366 g/mol. The van der Waals surface area contributed by atoms with Crippen molar-refractivity contribution in [2.24, 2.45) is 0 Å². The molecule has 8 heteroatoms. The van der Waals surface area contributed by atoms with Gasteiger partial charge in [0.15, 0.2) is 9.84 Å². The average Bonchev–Trinajstić information content (AvgIpc) is 3.25. The molecule has 0 aromatic heterocycles. The number of amides is 3. The molecule has 4 rings (SSSR count). The van der Waals surface area contributed by atoms with Crippen molar-refractivity contribution < 1.29 is 18.0 Å². The zero-order valence-corrected chi connectivity index (χ0v) is 16.0. The first-order valence-electron chi connectivity index (χ1n) is 9.63. The van der Waals surface area contributed by atoms with Gasteiger partial charge < -0.3 is 16.0 Å². The summed E-state index contributed by atoms with van der Waals surface area (Å²) in [6.07, 6.45) is 5.46. The number of hydrogen-bond donors (Lipinski definition) is 3. The van der Waals surface area contributed by atoms with Gasteiger partial charge in [-0.25, -0.2) is 13.2 Å². The van der Waals surface area contributed by atoms with Crippen molar-refractivity contribution in [2.75, 3.05) is 11.1 Å². The van der Waals surface area contributed by atoms with Gasteiger partial charge in [0.05, 0.1) is 23.1 Å². The Hall–Kier alpha value is -2.09. The van der Waals surface area contributed by atoms with E-state index in [4.69, 9.17) is 0 Å². The van der Waals surface area contributed by atoms with Gasteiger partial charge >= 0.3 is 6.03 Å². The maximum atomic E-state index is 12.3. The second kappa shape index (κ2) is 7.14. The summed E-state index contributed by atoms with van der Waals surface area (Å²) >= 11 is 0. The summed E-state index contributed by atoms with van der Waals surface area (Å²) in [5.41, 5.74) is 3.53. The number of aryl methyl sites for hydroxylation is 2. The van der Waals surface area contributed by atoms with Gasteiger partial charge in [-0.3, -0.25) is 4.79 Å². The Bertz CT molecular complexity index is 868. The van der Waals surface area contributed by atoms with E-state index in [0.717, 1.165) is 18.5 Å². The number of benzene rings is 1. The van der Waals surface area contributed by atoms with E-state index < -0.39 is 15.1 Å². The first-order chi connectivity index (χ1) is 12.9. The van der Waals surface area contributed by atoms with Crippen molar-refractivity contribution in [1.82, 2.24) is 10.6 Å². The maximum Gasteiger partial charge on any atom is 0.315 e. The van der Waals surface area contributed by atoms with Gasteiger partial charge in [0.2, 0.25) is 5.91 Å². The van der Waals surface area contributed by atoms with Gasteiger partial charge in [-0.05, 0) is 55.4 Å². The third-order valence-corrected chi connectivity index (χ3v) is 8.12. The normalized spacial score (nSPS) is 27.6. The number of hydrogen-bond acceptors (Lipinski definition) is 4. The minimum atomic E-state index is -3.20. The van der Waals surface area contributed by atoms with E-state index in [0.29, 0.717) is 25.7 Å². The van der Waals surface area contributed by atoms with Crippen LogP contribution in [0.4, 0.5) is 10.5 Å². The van der Waals surface area contributed by atoms with Crippen LogP contribution in [-0.4, -0.2) is 43.4 Å². The van der Waals surface area contributed by atoms with E-state index in [-0.39, 0.29) is 29.8 Å². The summed E-state index contributed by atoms with van der Waals surface area (Å²) < 4.78 is 24.5. The molecule has 27 heavy (non-hydrogen) atoms. The van der Waals surface area contributed by atoms with Crippen LogP contribution in [-0.2, 0) is 27.5 Å². The SMILES string of the molecule is O=C(CCCC[C@@H]1[C@H]2NC(=O)N[C@@H]2CS1(=O)=O)Nc1ccc2c(c1)CCC2. The smallest absolute Gasteiger partial charge is 0.315 e. The predicted octanol–water partition coefficient (Wildman–Crippen LogP) is 1.52. The molecule has 0 radical (unpaired) electrons. The van der Waals surface area contributed by atoms with E-state index in [2.05, 4.69) is 28.1 Å². The predicted molar refractivity (Wildman–Crippen MR) is 102 cm³/mol. The minimum absolute atomic E-state index is 0.000111. The Balaban J connectivity index is 1.24. The second-order valence-corrected chi connectivity index (χ2v) is 10.0. The van der Waals surface area contributed by atoms with Gasteiger partial charge in [-0.1, -0.05) is 12.5 Å². The van der Waals surface area contributed by atoms with Crippen LogP contribution in [0.25, 0.3) is 0 Å². The highest BCUT2D eigenvalue weighted by molar-refractivity contribution is 7.92. The van der Waals surface area contributed by atoms with Crippen molar-refractivity contribution >= 4 is 27.5 Å². The van der Waals surface area contributed by atoms with E-state index in [1.54, 1.807) is 0 Å². The van der Waals surface area contributed by atoms with E-state index in [9.17, 15) is 18.0 Å². The summed E-state index contributed by atoms with van der Waals surface area (Å²) in [5, 5.41) is 7.76. The maximum absolute atomic E-state index is 12.3. The molecule has 3 N–H and O–H groups in total. The fraction of sp³-hybridized carbons (Fsp3) is 0.579. The highest BCUT2D eigenvalue weighted by Crippen LogP contribution is 2.29. The van der Waals surface area contributed by atoms with Crippen LogP contribution >= 0.6 is 0 Å². The molecular formula is C19H25N3O4S. The molecule has 2 aliphatic heterocycles. The van der Waals surface area contributed by atoms with Gasteiger partial charge in [0.25, 0.3) is 0 Å². The van der Waals surface area contributed by atoms with Crippen LogP contribution in [0.15, 0.2) is 18.2 Å². The molecule has 1 aromatic carbocycles. The van der Waals surface area contributed by atoms with Crippen molar-refractivity contribution in [3.05, 3.63) is 29.3 Å². The summed E-state index contributed by atoms with van der Waals surface area (Å²) in [7, 11) is -3.20. The highest BCUT2D eigenvalue weighted by atomic mass is 32.2. The molecule has 0 bridgehead atoms. The van der Waals surface area contributed by atoms with Crippen molar-refractivity contribution in [1.29, 1.82) is 0 Å². The summed E-state index contributed by atoms with van der Waals surface area (Å²) in [6.45, 7) is 0. The molecule has 0 saturated carbocycles. The number of carbonyl (C=O) groups excluding carboxylic acids is 2. The monoisotopic (exact) mass is 391 g/mol. The lowest BCUT2D eigenvalue weighted by Gasteiger charge is -2.16. The number of carbonyl (C=O) groups is 2. The number of fused-ring (bicyclic) bond motifs is 2. The molecule has 0 unspecified atom stereocenters. The Kier molecular flexibility index (Phi) is 4.84. The largest absolute Gasteiger partial charge is 0.332 e. The molecule has 3 atom stereocenters. The molecule has 2 fully saturated rings. The third kappa shape index (κ3) is 3.81. The fourth-order valence-corrected chi connectivity index (χ4v) is 6.78. The quantitative estimate of drug-likeness (QED) is 0.505. The molecule has 1 aromatic rings. The molecule has 3 aliphatic rings. The van der Waals surface area contributed by atoms with Crippen LogP contribution in [0.2, 0.25) is 0 Å². The van der Waals surface area contributed by atoms with Crippen LogP contribution in [0.3, 0.4) is 0 Å². The zero-order valence-electron chi connectivity index (χ0n) is 15.2. The number of anilines is 1. The van der Waals surface area contributed by atoms with Crippen molar-refractivity contribution in [3.63, 3.8) is 0 Å². The molecule has 1 aliphatic carbocycles. The second-order valence-electron chi connectivity index (χ2n) is 7.75. The lowest BCUT2D eigenvalue weighted by atomic mass is 10.0. The Labute approximate surface area is 159 Å². The third-order valence-electron chi connectivity index (χ3n) is 5.85. The van der Waals surface area contributed by atoms with E-state index >= 15 is 0 Å². The van der Waals surface area contributed by atoms with Crippen LogP contribution in [0.5, 0.6) is 0 Å². The summed E-state index contributed by atoms with van der Waals surface area (Å²) in [6, 6.07) is 5.13.